The molecule has 0 saturated heterocycles. The molecule has 1 aromatic carbocycles. The minimum Gasteiger partial charge on any atom is -0.459 e. The first-order valence-corrected chi connectivity index (χ1v) is 6.05. The quantitative estimate of drug-likeness (QED) is 0.779. The van der Waals surface area contributed by atoms with Crippen molar-refractivity contribution in [3.63, 3.8) is 0 Å². The van der Waals surface area contributed by atoms with E-state index in [1.807, 2.05) is 18.2 Å². The van der Waals surface area contributed by atoms with Crippen LogP contribution in [-0.2, 0) is 17.9 Å². The van der Waals surface area contributed by atoms with Crippen molar-refractivity contribution in [3.8, 4) is 0 Å². The molecule has 0 fully saturated rings. The molecule has 0 aliphatic heterocycles. The Bertz CT molecular complexity index is 476. The van der Waals surface area contributed by atoms with Gasteiger partial charge in [0.1, 0.15) is 11.3 Å². The lowest BCUT2D eigenvalue weighted by atomic mass is 10.1. The fourth-order valence-corrected chi connectivity index (χ4v) is 1.97. The molecule has 0 bridgehead atoms. The molecule has 0 aliphatic carbocycles. The number of hydrogen-bond acceptors (Lipinski definition) is 3. The van der Waals surface area contributed by atoms with E-state index in [0.29, 0.717) is 6.61 Å². The Labute approximate surface area is 102 Å². The van der Waals surface area contributed by atoms with Crippen LogP contribution in [0.4, 0.5) is 0 Å². The van der Waals surface area contributed by atoms with Gasteiger partial charge in [-0.2, -0.15) is 0 Å². The molecule has 0 unspecified atom stereocenters. The van der Waals surface area contributed by atoms with E-state index in [0.717, 1.165) is 41.8 Å². The molecular weight excluding hydrogens is 214 g/mol. The SMILES string of the molecule is CCCNCc1oc2ccccc2c1COC. The Morgan fingerprint density at radius 1 is 1.29 bits per heavy atom. The van der Waals surface area contributed by atoms with Crippen LogP contribution in [0.1, 0.15) is 24.7 Å². The Balaban J connectivity index is 2.29. The number of methoxy groups -OCH3 is 1. The summed E-state index contributed by atoms with van der Waals surface area (Å²) in [6, 6.07) is 8.10. The molecule has 3 nitrogen and oxygen atoms in total. The summed E-state index contributed by atoms with van der Waals surface area (Å²) in [5, 5.41) is 4.52. The van der Waals surface area contributed by atoms with Gasteiger partial charge in [0.2, 0.25) is 0 Å². The Hall–Kier alpha value is -1.32. The highest BCUT2D eigenvalue weighted by Gasteiger charge is 2.12. The zero-order chi connectivity index (χ0) is 12.1. The minimum absolute atomic E-state index is 0.597. The van der Waals surface area contributed by atoms with Gasteiger partial charge in [-0.25, -0.2) is 0 Å². The van der Waals surface area contributed by atoms with Crippen LogP contribution in [0.25, 0.3) is 11.0 Å². The van der Waals surface area contributed by atoms with Gasteiger partial charge < -0.3 is 14.5 Å². The number of fused-ring (bicyclic) bond motifs is 1. The first kappa shape index (κ1) is 12.1. The molecule has 0 saturated carbocycles. The Morgan fingerprint density at radius 3 is 2.88 bits per heavy atom. The molecule has 0 atom stereocenters. The lowest BCUT2D eigenvalue weighted by molar-refractivity contribution is 0.183. The standard InChI is InChI=1S/C14H19NO2/c1-3-8-15-9-14-12(10-16-2)11-6-4-5-7-13(11)17-14/h4-7,15H,3,8-10H2,1-2H3. The van der Waals surface area contributed by atoms with Gasteiger partial charge in [-0.1, -0.05) is 25.1 Å². The second-order valence-corrected chi connectivity index (χ2v) is 4.11. The predicted molar refractivity (Wildman–Crippen MR) is 68.9 cm³/mol. The second kappa shape index (κ2) is 5.84. The number of furan rings is 1. The minimum atomic E-state index is 0.597. The number of nitrogens with one attached hydrogen (secondary N) is 1. The summed E-state index contributed by atoms with van der Waals surface area (Å²) in [6.45, 7) is 4.52. The van der Waals surface area contributed by atoms with E-state index < -0.39 is 0 Å². The Morgan fingerprint density at radius 2 is 2.12 bits per heavy atom. The van der Waals surface area contributed by atoms with E-state index in [-0.39, 0.29) is 0 Å². The van der Waals surface area contributed by atoms with Gasteiger partial charge in [-0.3, -0.25) is 0 Å². The molecule has 92 valence electrons. The number of rotatable bonds is 6. The van der Waals surface area contributed by atoms with Gasteiger partial charge in [-0.15, -0.1) is 0 Å². The van der Waals surface area contributed by atoms with Crippen molar-refractivity contribution in [1.29, 1.82) is 0 Å². The van der Waals surface area contributed by atoms with Crippen LogP contribution in [0.2, 0.25) is 0 Å². The molecule has 1 heterocycles. The summed E-state index contributed by atoms with van der Waals surface area (Å²) in [5.41, 5.74) is 2.10. The van der Waals surface area contributed by atoms with Gasteiger partial charge >= 0.3 is 0 Å². The molecule has 0 radical (unpaired) electrons. The van der Waals surface area contributed by atoms with E-state index in [2.05, 4.69) is 18.3 Å². The fourth-order valence-electron chi connectivity index (χ4n) is 1.97. The van der Waals surface area contributed by atoms with E-state index in [1.54, 1.807) is 7.11 Å². The van der Waals surface area contributed by atoms with Gasteiger partial charge in [0.25, 0.3) is 0 Å². The average Bonchev–Trinajstić information content (AvgIpc) is 2.69. The number of hydrogen-bond donors (Lipinski definition) is 1. The van der Waals surface area contributed by atoms with E-state index in [1.165, 1.54) is 0 Å². The molecular formula is C14H19NO2. The van der Waals surface area contributed by atoms with E-state index in [4.69, 9.17) is 9.15 Å². The van der Waals surface area contributed by atoms with Gasteiger partial charge in [-0.05, 0) is 19.0 Å². The monoisotopic (exact) mass is 233 g/mol. The number of para-hydroxylation sites is 1. The third-order valence-electron chi connectivity index (χ3n) is 2.78. The highest BCUT2D eigenvalue weighted by molar-refractivity contribution is 5.82. The largest absolute Gasteiger partial charge is 0.459 e. The van der Waals surface area contributed by atoms with Gasteiger partial charge in [0.15, 0.2) is 0 Å². The molecule has 0 aliphatic rings. The lowest BCUT2D eigenvalue weighted by Crippen LogP contribution is -2.14. The molecule has 0 amide bonds. The highest BCUT2D eigenvalue weighted by Crippen LogP contribution is 2.26. The van der Waals surface area contributed by atoms with Crippen molar-refractivity contribution in [3.05, 3.63) is 35.6 Å². The summed E-state index contributed by atoms with van der Waals surface area (Å²) in [7, 11) is 1.71. The summed E-state index contributed by atoms with van der Waals surface area (Å²) < 4.78 is 11.1. The van der Waals surface area contributed by atoms with Crippen LogP contribution in [0.5, 0.6) is 0 Å². The van der Waals surface area contributed by atoms with Crippen LogP contribution in [0, 0.1) is 0 Å². The van der Waals surface area contributed by atoms with Crippen LogP contribution < -0.4 is 5.32 Å². The highest BCUT2D eigenvalue weighted by atomic mass is 16.5. The van der Waals surface area contributed by atoms with Crippen LogP contribution >= 0.6 is 0 Å². The molecule has 2 rings (SSSR count). The number of ether oxygens (including phenoxy) is 1. The van der Waals surface area contributed by atoms with Crippen LogP contribution in [0.3, 0.4) is 0 Å². The summed E-state index contributed by atoms with van der Waals surface area (Å²) in [5.74, 6) is 0.988. The molecule has 17 heavy (non-hydrogen) atoms. The summed E-state index contributed by atoms with van der Waals surface area (Å²) in [6.07, 6.45) is 1.12. The summed E-state index contributed by atoms with van der Waals surface area (Å²) in [4.78, 5) is 0. The molecule has 1 aromatic heterocycles. The van der Waals surface area contributed by atoms with Crippen molar-refractivity contribution in [1.82, 2.24) is 5.32 Å². The maximum Gasteiger partial charge on any atom is 0.134 e. The topological polar surface area (TPSA) is 34.4 Å². The first-order chi connectivity index (χ1) is 8.36. The third kappa shape index (κ3) is 2.68. The molecule has 1 N–H and O–H groups in total. The Kier molecular flexibility index (Phi) is 4.18. The van der Waals surface area contributed by atoms with Crippen LogP contribution in [0.15, 0.2) is 28.7 Å². The van der Waals surface area contributed by atoms with Crippen molar-refractivity contribution < 1.29 is 9.15 Å². The van der Waals surface area contributed by atoms with Crippen molar-refractivity contribution in [2.75, 3.05) is 13.7 Å². The van der Waals surface area contributed by atoms with Gasteiger partial charge in [0, 0.05) is 18.1 Å². The smallest absolute Gasteiger partial charge is 0.134 e. The van der Waals surface area contributed by atoms with E-state index in [9.17, 15) is 0 Å². The molecule has 2 aromatic rings. The molecule has 3 heteroatoms. The maximum atomic E-state index is 5.86. The number of benzene rings is 1. The predicted octanol–water partition coefficient (Wildman–Crippen LogP) is 3.08. The van der Waals surface area contributed by atoms with Gasteiger partial charge in [0.05, 0.1) is 13.2 Å². The zero-order valence-corrected chi connectivity index (χ0v) is 10.5. The first-order valence-electron chi connectivity index (χ1n) is 6.05. The van der Waals surface area contributed by atoms with Crippen molar-refractivity contribution in [2.45, 2.75) is 26.5 Å². The average molecular weight is 233 g/mol. The fraction of sp³-hybridized carbons (Fsp3) is 0.429. The third-order valence-corrected chi connectivity index (χ3v) is 2.78. The maximum absolute atomic E-state index is 5.86. The lowest BCUT2D eigenvalue weighted by Gasteiger charge is -2.03. The second-order valence-electron chi connectivity index (χ2n) is 4.11. The van der Waals surface area contributed by atoms with E-state index >= 15 is 0 Å². The van der Waals surface area contributed by atoms with Crippen molar-refractivity contribution >= 4 is 11.0 Å². The summed E-state index contributed by atoms with van der Waals surface area (Å²) >= 11 is 0. The van der Waals surface area contributed by atoms with Crippen LogP contribution in [-0.4, -0.2) is 13.7 Å². The van der Waals surface area contributed by atoms with Crippen molar-refractivity contribution in [2.24, 2.45) is 0 Å². The normalized spacial score (nSPS) is 11.2. The zero-order valence-electron chi connectivity index (χ0n) is 10.5. The molecule has 0 spiro atoms.